The van der Waals surface area contributed by atoms with E-state index < -0.39 is 0 Å². The third-order valence-electron chi connectivity index (χ3n) is 2.51. The van der Waals surface area contributed by atoms with Gasteiger partial charge in [-0.25, -0.2) is 0 Å². The Labute approximate surface area is 106 Å². The molecule has 0 aromatic heterocycles. The summed E-state index contributed by atoms with van der Waals surface area (Å²) in [7, 11) is 0. The number of hydrogen-bond acceptors (Lipinski definition) is 1. The molecule has 1 aromatic rings. The van der Waals surface area contributed by atoms with Crippen molar-refractivity contribution >= 4 is 0 Å². The average Bonchev–Trinajstić information content (AvgIpc) is 2.33. The first kappa shape index (κ1) is 13.8. The molecule has 1 atom stereocenters. The van der Waals surface area contributed by atoms with E-state index in [1.54, 1.807) is 0 Å². The van der Waals surface area contributed by atoms with Gasteiger partial charge in [-0.2, -0.15) is 0 Å². The van der Waals surface area contributed by atoms with E-state index in [0.29, 0.717) is 12.0 Å². The van der Waals surface area contributed by atoms with Crippen molar-refractivity contribution in [3.05, 3.63) is 35.9 Å². The van der Waals surface area contributed by atoms with Crippen LogP contribution in [-0.4, -0.2) is 12.6 Å². The predicted molar refractivity (Wildman–Crippen MR) is 74.9 cm³/mol. The van der Waals surface area contributed by atoms with Crippen LogP contribution in [0, 0.1) is 17.8 Å². The first-order chi connectivity index (χ1) is 8.22. The van der Waals surface area contributed by atoms with Gasteiger partial charge in [0.25, 0.3) is 0 Å². The van der Waals surface area contributed by atoms with Crippen molar-refractivity contribution in [1.82, 2.24) is 5.32 Å². The summed E-state index contributed by atoms with van der Waals surface area (Å²) in [4.78, 5) is 0. The fourth-order valence-electron chi connectivity index (χ4n) is 1.68. The third kappa shape index (κ3) is 6.14. The summed E-state index contributed by atoms with van der Waals surface area (Å²) in [6, 6.07) is 10.5. The van der Waals surface area contributed by atoms with E-state index in [9.17, 15) is 0 Å². The number of rotatable bonds is 5. The van der Waals surface area contributed by atoms with Gasteiger partial charge in [-0.1, -0.05) is 50.8 Å². The molecule has 0 saturated carbocycles. The Hall–Kier alpha value is -1.26. The Bertz CT molecular complexity index is 356. The highest BCUT2D eigenvalue weighted by Gasteiger charge is 2.05. The molecule has 0 aliphatic rings. The molecule has 1 rings (SSSR count). The van der Waals surface area contributed by atoms with Crippen LogP contribution in [0.4, 0.5) is 0 Å². The fourth-order valence-corrected chi connectivity index (χ4v) is 1.68. The largest absolute Gasteiger partial charge is 0.304 e. The minimum absolute atomic E-state index is 0.315. The second-order valence-electron chi connectivity index (χ2n) is 4.77. The lowest BCUT2D eigenvalue weighted by Crippen LogP contribution is -2.29. The van der Waals surface area contributed by atoms with Crippen molar-refractivity contribution in [2.45, 2.75) is 39.7 Å². The van der Waals surface area contributed by atoms with Gasteiger partial charge in [-0.3, -0.25) is 0 Å². The summed E-state index contributed by atoms with van der Waals surface area (Å²) in [5, 5.41) is 3.50. The lowest BCUT2D eigenvalue weighted by Gasteiger charge is -2.14. The van der Waals surface area contributed by atoms with Crippen molar-refractivity contribution in [3.8, 4) is 11.8 Å². The smallest absolute Gasteiger partial charge is 0.0695 e. The summed E-state index contributed by atoms with van der Waals surface area (Å²) in [5.41, 5.74) is 1.10. The maximum absolute atomic E-state index is 3.50. The van der Waals surface area contributed by atoms with Crippen LogP contribution in [0.2, 0.25) is 0 Å². The SMILES string of the molecule is CCCNC(C#Cc1ccccc1)CC(C)C. The van der Waals surface area contributed by atoms with Crippen LogP contribution in [0.3, 0.4) is 0 Å². The van der Waals surface area contributed by atoms with Gasteiger partial charge in [0.1, 0.15) is 0 Å². The van der Waals surface area contributed by atoms with E-state index in [0.717, 1.165) is 24.9 Å². The summed E-state index contributed by atoms with van der Waals surface area (Å²) in [6.45, 7) is 7.71. The lowest BCUT2D eigenvalue weighted by molar-refractivity contribution is 0.482. The normalized spacial score (nSPS) is 12.0. The lowest BCUT2D eigenvalue weighted by atomic mass is 10.0. The van der Waals surface area contributed by atoms with Gasteiger partial charge in [-0.15, -0.1) is 0 Å². The Morgan fingerprint density at radius 3 is 2.47 bits per heavy atom. The van der Waals surface area contributed by atoms with E-state index in [2.05, 4.69) is 50.1 Å². The van der Waals surface area contributed by atoms with Crippen LogP contribution in [0.15, 0.2) is 30.3 Å². The van der Waals surface area contributed by atoms with E-state index in [1.165, 1.54) is 0 Å². The summed E-state index contributed by atoms with van der Waals surface area (Å²) < 4.78 is 0. The molecule has 0 aliphatic heterocycles. The summed E-state index contributed by atoms with van der Waals surface area (Å²) in [6.07, 6.45) is 2.27. The van der Waals surface area contributed by atoms with Gasteiger partial charge in [0.2, 0.25) is 0 Å². The molecule has 1 aromatic carbocycles. The monoisotopic (exact) mass is 229 g/mol. The Morgan fingerprint density at radius 1 is 1.18 bits per heavy atom. The highest BCUT2D eigenvalue weighted by Crippen LogP contribution is 2.04. The maximum Gasteiger partial charge on any atom is 0.0695 e. The van der Waals surface area contributed by atoms with E-state index in [-0.39, 0.29) is 0 Å². The molecule has 0 aliphatic carbocycles. The van der Waals surface area contributed by atoms with Crippen LogP contribution < -0.4 is 5.32 Å². The van der Waals surface area contributed by atoms with E-state index >= 15 is 0 Å². The van der Waals surface area contributed by atoms with Crippen molar-refractivity contribution in [2.24, 2.45) is 5.92 Å². The highest BCUT2D eigenvalue weighted by molar-refractivity contribution is 5.34. The Kier molecular flexibility index (Phi) is 6.43. The second-order valence-corrected chi connectivity index (χ2v) is 4.77. The maximum atomic E-state index is 3.50. The number of hydrogen-bond donors (Lipinski definition) is 1. The topological polar surface area (TPSA) is 12.0 Å². The minimum atomic E-state index is 0.315. The minimum Gasteiger partial charge on any atom is -0.304 e. The van der Waals surface area contributed by atoms with Crippen molar-refractivity contribution in [1.29, 1.82) is 0 Å². The fraction of sp³-hybridized carbons (Fsp3) is 0.500. The molecule has 0 spiro atoms. The molecule has 0 radical (unpaired) electrons. The summed E-state index contributed by atoms with van der Waals surface area (Å²) in [5.74, 6) is 7.26. The molecule has 1 unspecified atom stereocenters. The molecule has 0 bridgehead atoms. The highest BCUT2D eigenvalue weighted by atomic mass is 14.9. The van der Waals surface area contributed by atoms with E-state index in [4.69, 9.17) is 0 Å². The zero-order chi connectivity index (χ0) is 12.5. The molecule has 1 nitrogen and oxygen atoms in total. The van der Waals surface area contributed by atoms with Gasteiger partial charge >= 0.3 is 0 Å². The van der Waals surface area contributed by atoms with Crippen molar-refractivity contribution in [3.63, 3.8) is 0 Å². The van der Waals surface area contributed by atoms with Crippen LogP contribution in [0.5, 0.6) is 0 Å². The first-order valence-electron chi connectivity index (χ1n) is 6.52. The zero-order valence-corrected chi connectivity index (χ0v) is 11.2. The van der Waals surface area contributed by atoms with Gasteiger partial charge in [0, 0.05) is 5.56 Å². The molecule has 17 heavy (non-hydrogen) atoms. The van der Waals surface area contributed by atoms with Gasteiger partial charge in [-0.05, 0) is 37.4 Å². The van der Waals surface area contributed by atoms with Crippen LogP contribution in [0.25, 0.3) is 0 Å². The molecular formula is C16H23N. The predicted octanol–water partition coefficient (Wildman–Crippen LogP) is 3.45. The zero-order valence-electron chi connectivity index (χ0n) is 11.2. The van der Waals surface area contributed by atoms with Crippen molar-refractivity contribution in [2.75, 3.05) is 6.54 Å². The van der Waals surface area contributed by atoms with Crippen LogP contribution in [0.1, 0.15) is 39.2 Å². The third-order valence-corrected chi connectivity index (χ3v) is 2.51. The molecular weight excluding hydrogens is 206 g/mol. The van der Waals surface area contributed by atoms with Crippen LogP contribution in [-0.2, 0) is 0 Å². The van der Waals surface area contributed by atoms with Gasteiger partial charge in [0.05, 0.1) is 6.04 Å². The number of benzene rings is 1. The number of nitrogens with one attached hydrogen (secondary N) is 1. The van der Waals surface area contributed by atoms with Crippen molar-refractivity contribution < 1.29 is 0 Å². The molecule has 92 valence electrons. The molecule has 0 saturated heterocycles. The van der Waals surface area contributed by atoms with Gasteiger partial charge < -0.3 is 5.32 Å². The molecule has 1 heteroatoms. The summed E-state index contributed by atoms with van der Waals surface area (Å²) >= 11 is 0. The first-order valence-corrected chi connectivity index (χ1v) is 6.52. The second kappa shape index (κ2) is 7.92. The molecule has 1 N–H and O–H groups in total. The standard InChI is InChI=1S/C16H23N/c1-4-12-17-16(13-14(2)3)11-10-15-8-6-5-7-9-15/h5-9,14,16-17H,4,12-13H2,1-3H3. The van der Waals surface area contributed by atoms with E-state index in [1.807, 2.05) is 18.2 Å². The Morgan fingerprint density at radius 2 is 1.88 bits per heavy atom. The molecule has 0 heterocycles. The Balaban J connectivity index is 2.61. The van der Waals surface area contributed by atoms with Gasteiger partial charge in [0.15, 0.2) is 0 Å². The molecule has 0 fully saturated rings. The van der Waals surface area contributed by atoms with Crippen LogP contribution >= 0.6 is 0 Å². The average molecular weight is 229 g/mol. The molecule has 0 amide bonds. The quantitative estimate of drug-likeness (QED) is 0.763.